The fraction of sp³-hybridized carbons (Fsp3) is 0.650. The lowest BCUT2D eigenvalue weighted by atomic mass is 9.87. The van der Waals surface area contributed by atoms with Crippen LogP contribution in [0.1, 0.15) is 46.6 Å². The average molecular weight is 382 g/mol. The maximum atomic E-state index is 12.7. The van der Waals surface area contributed by atoms with Crippen LogP contribution < -0.4 is 4.74 Å². The van der Waals surface area contributed by atoms with Gasteiger partial charge >= 0.3 is 0 Å². The van der Waals surface area contributed by atoms with Gasteiger partial charge in [-0.1, -0.05) is 46.8 Å². The standard InChI is InChI=1S/C20H31NO4S/c1-15(2)12-21(17-10-11-26(23,24)14-17)19(22)13-25-18-8-6-16(7-9-18)20(3,4)5/h6-9,15,17H,10-14H2,1-5H3/t17-/m1/s1. The molecule has 0 saturated carbocycles. The molecule has 0 aromatic heterocycles. The van der Waals surface area contributed by atoms with Gasteiger partial charge in [0.15, 0.2) is 16.4 Å². The first kappa shape index (κ1) is 20.7. The van der Waals surface area contributed by atoms with Crippen LogP contribution in [0.4, 0.5) is 0 Å². The topological polar surface area (TPSA) is 63.7 Å². The number of sulfone groups is 1. The molecule has 5 nitrogen and oxygen atoms in total. The second kappa shape index (κ2) is 7.99. The van der Waals surface area contributed by atoms with E-state index in [1.54, 1.807) is 4.90 Å². The molecule has 1 aromatic rings. The van der Waals surface area contributed by atoms with E-state index in [1.165, 1.54) is 5.56 Å². The zero-order valence-electron chi connectivity index (χ0n) is 16.5. The average Bonchev–Trinajstić information content (AvgIpc) is 2.89. The Labute approximate surface area is 157 Å². The summed E-state index contributed by atoms with van der Waals surface area (Å²) in [6, 6.07) is 7.54. The fourth-order valence-corrected chi connectivity index (χ4v) is 4.88. The Morgan fingerprint density at radius 3 is 2.31 bits per heavy atom. The van der Waals surface area contributed by atoms with Crippen molar-refractivity contribution >= 4 is 15.7 Å². The summed E-state index contributed by atoms with van der Waals surface area (Å²) in [6.07, 6.45) is 0.515. The van der Waals surface area contributed by atoms with Gasteiger partial charge in [-0.15, -0.1) is 0 Å². The lowest BCUT2D eigenvalue weighted by molar-refractivity contribution is -0.135. The first-order chi connectivity index (χ1) is 12.0. The fourth-order valence-electron chi connectivity index (χ4n) is 3.15. The van der Waals surface area contributed by atoms with Crippen molar-refractivity contribution < 1.29 is 17.9 Å². The first-order valence-corrected chi connectivity index (χ1v) is 11.0. The van der Waals surface area contributed by atoms with Gasteiger partial charge in [-0.25, -0.2) is 8.42 Å². The molecule has 1 atom stereocenters. The van der Waals surface area contributed by atoms with Crippen LogP contribution in [-0.4, -0.2) is 49.9 Å². The second-order valence-corrected chi connectivity index (χ2v) is 10.8. The quantitative estimate of drug-likeness (QED) is 0.760. The van der Waals surface area contributed by atoms with Crippen molar-refractivity contribution in [1.29, 1.82) is 0 Å². The van der Waals surface area contributed by atoms with E-state index in [-0.39, 0.29) is 41.4 Å². The van der Waals surface area contributed by atoms with Crippen molar-refractivity contribution in [3.63, 3.8) is 0 Å². The minimum atomic E-state index is -3.03. The van der Waals surface area contributed by atoms with Gasteiger partial charge in [0.2, 0.25) is 0 Å². The molecule has 0 spiro atoms. The Morgan fingerprint density at radius 1 is 1.23 bits per heavy atom. The molecule has 1 aromatic carbocycles. The molecule has 0 aliphatic carbocycles. The van der Waals surface area contributed by atoms with Crippen LogP contribution in [0.5, 0.6) is 5.75 Å². The summed E-state index contributed by atoms with van der Waals surface area (Å²) in [7, 11) is -3.03. The van der Waals surface area contributed by atoms with Gasteiger partial charge in [0.1, 0.15) is 5.75 Å². The Kier molecular flexibility index (Phi) is 6.37. The Hall–Kier alpha value is -1.56. The van der Waals surface area contributed by atoms with Gasteiger partial charge in [-0.2, -0.15) is 0 Å². The minimum Gasteiger partial charge on any atom is -0.484 e. The van der Waals surface area contributed by atoms with E-state index in [0.29, 0.717) is 18.7 Å². The van der Waals surface area contributed by atoms with Crippen LogP contribution in [-0.2, 0) is 20.0 Å². The molecule has 146 valence electrons. The number of amides is 1. The number of rotatable bonds is 6. The second-order valence-electron chi connectivity index (χ2n) is 8.56. The molecule has 1 aliphatic heterocycles. The number of benzene rings is 1. The summed E-state index contributed by atoms with van der Waals surface area (Å²) in [5.41, 5.74) is 1.27. The predicted molar refractivity (Wildman–Crippen MR) is 104 cm³/mol. The summed E-state index contributed by atoms with van der Waals surface area (Å²) < 4.78 is 29.2. The molecule has 0 bridgehead atoms. The number of carbonyl (C=O) groups excluding carboxylic acids is 1. The molecule has 0 unspecified atom stereocenters. The number of hydrogen-bond acceptors (Lipinski definition) is 4. The number of carbonyl (C=O) groups is 1. The molecule has 6 heteroatoms. The molecule has 0 radical (unpaired) electrons. The maximum absolute atomic E-state index is 12.7. The highest BCUT2D eigenvalue weighted by Gasteiger charge is 2.34. The Morgan fingerprint density at radius 2 is 1.85 bits per heavy atom. The summed E-state index contributed by atoms with van der Waals surface area (Å²) >= 11 is 0. The SMILES string of the molecule is CC(C)CN(C(=O)COc1ccc(C(C)(C)C)cc1)[C@@H]1CCS(=O)(=O)C1. The van der Waals surface area contributed by atoms with Crippen molar-refractivity contribution in [3.05, 3.63) is 29.8 Å². The van der Waals surface area contributed by atoms with Crippen molar-refractivity contribution in [2.24, 2.45) is 5.92 Å². The molecule has 1 saturated heterocycles. The van der Waals surface area contributed by atoms with Gasteiger partial charge in [-0.05, 0) is 35.4 Å². The van der Waals surface area contributed by atoms with Crippen molar-refractivity contribution in [2.75, 3.05) is 24.7 Å². The summed E-state index contributed by atoms with van der Waals surface area (Å²) in [4.78, 5) is 14.4. The monoisotopic (exact) mass is 381 g/mol. The molecule has 1 amide bonds. The molecule has 1 aliphatic rings. The van der Waals surface area contributed by atoms with Crippen molar-refractivity contribution in [1.82, 2.24) is 4.90 Å². The van der Waals surface area contributed by atoms with Gasteiger partial charge in [0.25, 0.3) is 5.91 Å². The molecule has 1 fully saturated rings. The van der Waals surface area contributed by atoms with E-state index in [4.69, 9.17) is 4.74 Å². The highest BCUT2D eigenvalue weighted by atomic mass is 32.2. The van der Waals surface area contributed by atoms with E-state index >= 15 is 0 Å². The number of hydrogen-bond donors (Lipinski definition) is 0. The Balaban J connectivity index is 2.00. The zero-order valence-corrected chi connectivity index (χ0v) is 17.3. The molecule has 0 N–H and O–H groups in total. The van der Waals surface area contributed by atoms with Crippen LogP contribution in [0.25, 0.3) is 0 Å². The third-order valence-corrected chi connectivity index (χ3v) is 6.36. The van der Waals surface area contributed by atoms with E-state index in [1.807, 2.05) is 38.1 Å². The van der Waals surface area contributed by atoms with Crippen molar-refractivity contribution in [3.8, 4) is 5.75 Å². The third kappa shape index (κ3) is 5.73. The lowest BCUT2D eigenvalue weighted by Gasteiger charge is -2.30. The van der Waals surface area contributed by atoms with E-state index in [9.17, 15) is 13.2 Å². The normalized spacial score (nSPS) is 19.5. The van der Waals surface area contributed by atoms with Crippen molar-refractivity contribution in [2.45, 2.75) is 52.5 Å². The third-order valence-electron chi connectivity index (χ3n) is 4.61. The van der Waals surface area contributed by atoms with E-state index in [0.717, 1.165) is 0 Å². The smallest absolute Gasteiger partial charge is 0.260 e. The zero-order chi connectivity index (χ0) is 19.5. The minimum absolute atomic E-state index is 0.0612. The van der Waals surface area contributed by atoms with Crippen LogP contribution in [0.3, 0.4) is 0 Å². The highest BCUT2D eigenvalue weighted by molar-refractivity contribution is 7.91. The maximum Gasteiger partial charge on any atom is 0.260 e. The largest absolute Gasteiger partial charge is 0.484 e. The molecular weight excluding hydrogens is 350 g/mol. The number of nitrogens with zero attached hydrogens (tertiary/aromatic N) is 1. The summed E-state index contributed by atoms with van der Waals surface area (Å²) in [5.74, 6) is 0.990. The summed E-state index contributed by atoms with van der Waals surface area (Å²) in [6.45, 7) is 11.0. The number of ether oxygens (including phenoxy) is 1. The van der Waals surface area contributed by atoms with Gasteiger partial charge in [0, 0.05) is 12.6 Å². The van der Waals surface area contributed by atoms with E-state index in [2.05, 4.69) is 20.8 Å². The summed E-state index contributed by atoms with van der Waals surface area (Å²) in [5, 5.41) is 0. The highest BCUT2D eigenvalue weighted by Crippen LogP contribution is 2.24. The lowest BCUT2D eigenvalue weighted by Crippen LogP contribution is -2.45. The predicted octanol–water partition coefficient (Wildman–Crippen LogP) is 3.03. The van der Waals surface area contributed by atoms with Crippen LogP contribution in [0.15, 0.2) is 24.3 Å². The van der Waals surface area contributed by atoms with E-state index < -0.39 is 9.84 Å². The van der Waals surface area contributed by atoms with Crippen LogP contribution >= 0.6 is 0 Å². The van der Waals surface area contributed by atoms with Gasteiger partial charge < -0.3 is 9.64 Å². The van der Waals surface area contributed by atoms with Crippen LogP contribution in [0.2, 0.25) is 0 Å². The Bertz CT molecular complexity index is 717. The molecule has 26 heavy (non-hydrogen) atoms. The van der Waals surface area contributed by atoms with Gasteiger partial charge in [-0.3, -0.25) is 4.79 Å². The molecular formula is C20H31NO4S. The van der Waals surface area contributed by atoms with Gasteiger partial charge in [0.05, 0.1) is 11.5 Å². The van der Waals surface area contributed by atoms with Crippen LogP contribution in [0, 0.1) is 5.92 Å². The molecule has 2 rings (SSSR count). The first-order valence-electron chi connectivity index (χ1n) is 9.21. The molecule has 1 heterocycles.